The van der Waals surface area contributed by atoms with Gasteiger partial charge in [-0.05, 0) is 116 Å². The van der Waals surface area contributed by atoms with Crippen LogP contribution in [0.5, 0.6) is 11.5 Å². The van der Waals surface area contributed by atoms with Crippen molar-refractivity contribution in [3.05, 3.63) is 95.9 Å². The number of amides is 5. The van der Waals surface area contributed by atoms with Crippen LogP contribution in [0.3, 0.4) is 0 Å². The van der Waals surface area contributed by atoms with E-state index in [0.717, 1.165) is 72.0 Å². The van der Waals surface area contributed by atoms with E-state index < -0.39 is 0 Å². The van der Waals surface area contributed by atoms with Crippen LogP contribution >= 0.6 is 0 Å². The molecular weight excluding hydrogens is 862 g/mol. The van der Waals surface area contributed by atoms with Crippen molar-refractivity contribution in [1.29, 1.82) is 0 Å². The van der Waals surface area contributed by atoms with Crippen molar-refractivity contribution < 1.29 is 52.0 Å². The molecule has 5 amide bonds. The number of hydrogen-bond donors (Lipinski definition) is 3. The van der Waals surface area contributed by atoms with Crippen LogP contribution in [0.25, 0.3) is 10.9 Å². The van der Waals surface area contributed by atoms with Crippen LogP contribution in [0, 0.1) is 17.7 Å². The number of benzene rings is 3. The van der Waals surface area contributed by atoms with Crippen LogP contribution < -0.4 is 25.4 Å². The largest absolute Gasteiger partial charge is 0.490 e. The van der Waals surface area contributed by atoms with E-state index in [1.807, 2.05) is 42.2 Å². The summed E-state index contributed by atoms with van der Waals surface area (Å²) in [5.41, 5.74) is 3.46. The lowest BCUT2D eigenvalue weighted by Crippen LogP contribution is -2.42. The number of aromatic nitrogens is 1. The second kappa shape index (κ2) is 24.7. The van der Waals surface area contributed by atoms with Crippen LogP contribution in [0.1, 0.15) is 87.7 Å². The molecule has 3 fully saturated rings. The lowest BCUT2D eigenvalue weighted by Gasteiger charge is -2.32. The highest BCUT2D eigenvalue weighted by Gasteiger charge is 2.31. The smallest absolute Gasteiger partial charge is 0.258 e. The molecule has 0 bridgehead atoms. The molecular formula is C51H62FN5O10. The second-order valence-corrected chi connectivity index (χ2v) is 17.5. The number of hydrogen-bond acceptors (Lipinski definition) is 11. The Balaban J connectivity index is 0.668. The van der Waals surface area contributed by atoms with E-state index in [9.17, 15) is 28.4 Å². The van der Waals surface area contributed by atoms with E-state index in [-0.39, 0.29) is 65.8 Å². The van der Waals surface area contributed by atoms with Gasteiger partial charge in [-0.1, -0.05) is 19.1 Å². The Bertz CT molecular complexity index is 2280. The summed E-state index contributed by atoms with van der Waals surface area (Å²) >= 11 is 0. The number of rotatable bonds is 22. The monoisotopic (exact) mass is 923 g/mol. The third-order valence-electron chi connectivity index (χ3n) is 13.0. The van der Waals surface area contributed by atoms with Crippen molar-refractivity contribution in [2.75, 3.05) is 71.2 Å². The molecule has 4 aromatic rings. The summed E-state index contributed by atoms with van der Waals surface area (Å²) in [6.07, 6.45) is 8.07. The number of halogens is 1. The van der Waals surface area contributed by atoms with E-state index in [0.29, 0.717) is 90.2 Å². The Hall–Kier alpha value is -5.97. The van der Waals surface area contributed by atoms with Crippen molar-refractivity contribution in [2.45, 2.75) is 82.7 Å². The first-order valence-corrected chi connectivity index (χ1v) is 23.6. The molecule has 15 nitrogen and oxygen atoms in total. The molecule has 3 N–H and O–H groups in total. The van der Waals surface area contributed by atoms with E-state index in [1.54, 1.807) is 42.6 Å². The zero-order valence-electron chi connectivity index (χ0n) is 38.2. The molecule has 67 heavy (non-hydrogen) atoms. The van der Waals surface area contributed by atoms with Gasteiger partial charge >= 0.3 is 0 Å². The molecule has 3 aliphatic rings. The number of carbonyl (C=O) groups is 5. The summed E-state index contributed by atoms with van der Waals surface area (Å²) in [4.78, 5) is 67.9. The van der Waals surface area contributed by atoms with Crippen LogP contribution in [0.15, 0.2) is 79.0 Å². The Morgan fingerprint density at radius 1 is 0.806 bits per heavy atom. The summed E-state index contributed by atoms with van der Waals surface area (Å²) in [5.74, 6) is 0.257. The third kappa shape index (κ3) is 14.5. The maximum absolute atomic E-state index is 14.0. The van der Waals surface area contributed by atoms with Gasteiger partial charge in [0.1, 0.15) is 23.4 Å². The average molecular weight is 924 g/mol. The Labute approximate surface area is 390 Å². The minimum atomic E-state index is -0.374. The van der Waals surface area contributed by atoms with Crippen LogP contribution in [0.4, 0.5) is 10.1 Å². The highest BCUT2D eigenvalue weighted by molar-refractivity contribution is 6.01. The normalized spacial score (nSPS) is 19.4. The summed E-state index contributed by atoms with van der Waals surface area (Å²) < 4.78 is 42.5. The van der Waals surface area contributed by atoms with Gasteiger partial charge in [0.25, 0.3) is 5.91 Å². The summed E-state index contributed by atoms with van der Waals surface area (Å²) in [7, 11) is 0. The number of carbonyl (C=O) groups excluding carboxylic acids is 5. The lowest BCUT2D eigenvalue weighted by atomic mass is 9.73. The minimum Gasteiger partial charge on any atom is -0.490 e. The first kappa shape index (κ1) is 48.9. The molecule has 3 aromatic carbocycles. The highest BCUT2D eigenvalue weighted by Crippen LogP contribution is 2.41. The summed E-state index contributed by atoms with van der Waals surface area (Å²) in [6, 6.07) is 21.2. The summed E-state index contributed by atoms with van der Waals surface area (Å²) in [5, 5.41) is 9.05. The lowest BCUT2D eigenvalue weighted by molar-refractivity contribution is -0.135. The van der Waals surface area contributed by atoms with Gasteiger partial charge in [0.05, 0.1) is 57.5 Å². The molecule has 1 unspecified atom stereocenters. The fourth-order valence-corrected chi connectivity index (χ4v) is 9.06. The number of nitrogens with zero attached hydrogens (tertiary/aromatic N) is 2. The number of anilines is 1. The third-order valence-corrected chi connectivity index (χ3v) is 13.0. The van der Waals surface area contributed by atoms with Crippen molar-refractivity contribution in [2.24, 2.45) is 11.8 Å². The highest BCUT2D eigenvalue weighted by atomic mass is 19.1. The topological polar surface area (TPSA) is 184 Å². The molecule has 358 valence electrons. The van der Waals surface area contributed by atoms with Crippen LogP contribution in [0.2, 0.25) is 0 Å². The van der Waals surface area contributed by atoms with E-state index in [1.165, 1.54) is 6.07 Å². The van der Waals surface area contributed by atoms with Gasteiger partial charge in [-0.2, -0.15) is 0 Å². The quantitative estimate of drug-likeness (QED) is 0.0582. The number of likely N-dealkylation sites (tertiary alicyclic amines) is 1. The van der Waals surface area contributed by atoms with Gasteiger partial charge in [0, 0.05) is 62.1 Å². The first-order chi connectivity index (χ1) is 32.6. The predicted octanol–water partition coefficient (Wildman–Crippen LogP) is 6.45. The molecule has 1 aromatic heterocycles. The van der Waals surface area contributed by atoms with Gasteiger partial charge in [-0.25, -0.2) is 4.39 Å². The molecule has 0 spiro atoms. The Morgan fingerprint density at radius 3 is 2.21 bits per heavy atom. The maximum Gasteiger partial charge on any atom is 0.258 e. The van der Waals surface area contributed by atoms with Crippen molar-refractivity contribution >= 4 is 46.1 Å². The maximum atomic E-state index is 14.0. The Kier molecular flexibility index (Phi) is 18.0. The van der Waals surface area contributed by atoms with Crippen LogP contribution in [-0.2, 0) is 38.2 Å². The molecule has 3 heterocycles. The number of nitrogens with one attached hydrogen (secondary N) is 3. The van der Waals surface area contributed by atoms with E-state index >= 15 is 0 Å². The number of fused-ring (bicyclic) bond motifs is 1. The molecule has 2 aliphatic heterocycles. The molecule has 0 radical (unpaired) electrons. The molecule has 2 atom stereocenters. The second-order valence-electron chi connectivity index (χ2n) is 17.5. The van der Waals surface area contributed by atoms with E-state index in [2.05, 4.69) is 20.9 Å². The first-order valence-electron chi connectivity index (χ1n) is 23.6. The molecule has 16 heteroatoms. The van der Waals surface area contributed by atoms with E-state index in [4.69, 9.17) is 23.7 Å². The summed E-state index contributed by atoms with van der Waals surface area (Å²) in [6.45, 7) is 5.45. The van der Waals surface area contributed by atoms with Gasteiger partial charge in [0.15, 0.2) is 6.61 Å². The fraction of sp³-hybridized carbons (Fsp3) is 0.490. The molecule has 7 rings (SSSR count). The van der Waals surface area contributed by atoms with Gasteiger partial charge in [0.2, 0.25) is 23.6 Å². The molecule has 1 saturated carbocycles. The van der Waals surface area contributed by atoms with Gasteiger partial charge in [-0.15, -0.1) is 0 Å². The number of ether oxygens (including phenoxy) is 5. The Morgan fingerprint density at radius 2 is 1.49 bits per heavy atom. The number of piperidine rings is 2. The van der Waals surface area contributed by atoms with Gasteiger partial charge in [-0.3, -0.25) is 34.3 Å². The zero-order chi connectivity index (χ0) is 47.0. The molecule has 1 aliphatic carbocycles. The number of pyridine rings is 1. The molecule has 2 saturated heterocycles. The van der Waals surface area contributed by atoms with Crippen molar-refractivity contribution in [3.63, 3.8) is 0 Å². The van der Waals surface area contributed by atoms with Gasteiger partial charge < -0.3 is 39.2 Å². The standard InChI is InChI=1S/C51H62FN5O10/c1-34(35-2-4-36(5-3-35)43-18-22-53-46-16-8-38(52)32-45(43)46)50(61)55-39-9-13-41(14-10-39)67-42-19-24-57(25-20-42)49(60)21-26-63-28-30-65-31-29-64-27-23-54-48(59)33-66-40-11-6-37(7-12-40)44-15-17-47(58)56-51(44)62/h6-14,16,18,22,32,34-36,42,44H,2-5,15,17,19-21,23-31,33H2,1H3,(H,54,59)(H,55,61)(H,56,58,62)/t34-,35-,36+,44?/m1/s1. The fourth-order valence-electron chi connectivity index (χ4n) is 9.06. The average Bonchev–Trinajstić information content (AvgIpc) is 3.34. The number of imide groups is 1. The SMILES string of the molecule is C[C@@H](C(=O)Nc1ccc(OC2CCN(C(=O)CCOCCOCCOCCNC(=O)COc3ccc(C4CCC(=O)NC4=O)cc3)CC2)cc1)[C@H]1CC[C@@H](c2ccnc3ccc(F)cc32)CC1. The predicted molar refractivity (Wildman–Crippen MR) is 248 cm³/mol. The minimum absolute atomic E-state index is 0.00383. The zero-order valence-corrected chi connectivity index (χ0v) is 38.2. The van der Waals surface area contributed by atoms with Crippen molar-refractivity contribution in [3.8, 4) is 11.5 Å². The van der Waals surface area contributed by atoms with Crippen LogP contribution in [-0.4, -0.2) is 111 Å². The van der Waals surface area contributed by atoms with Crippen molar-refractivity contribution in [1.82, 2.24) is 20.5 Å².